The fourth-order valence-corrected chi connectivity index (χ4v) is 3.23. The summed E-state index contributed by atoms with van der Waals surface area (Å²) in [6.45, 7) is 6.69. The molecule has 2 heterocycles. The number of carbonyl (C=O) groups is 1. The second-order valence-corrected chi connectivity index (χ2v) is 7.23. The minimum absolute atomic E-state index is 0.00926. The van der Waals surface area contributed by atoms with Gasteiger partial charge in [-0.15, -0.1) is 11.3 Å². The second kappa shape index (κ2) is 5.19. The van der Waals surface area contributed by atoms with E-state index in [0.29, 0.717) is 11.5 Å². The number of benzene rings is 1. The van der Waals surface area contributed by atoms with Gasteiger partial charge in [0.05, 0.1) is 4.88 Å². The summed E-state index contributed by atoms with van der Waals surface area (Å²) in [6.07, 6.45) is -0.564. The topological polar surface area (TPSA) is 35.5 Å². The molecular weight excluding hydrogens is 284 g/mol. The van der Waals surface area contributed by atoms with E-state index in [0.717, 1.165) is 4.88 Å². The fourth-order valence-electron chi connectivity index (χ4n) is 2.18. The van der Waals surface area contributed by atoms with Crippen LogP contribution in [0.1, 0.15) is 35.3 Å². The third-order valence-corrected chi connectivity index (χ3v) is 4.91. The Morgan fingerprint density at radius 3 is 2.52 bits per heavy atom. The highest BCUT2D eigenvalue weighted by atomic mass is 32.1. The minimum Gasteiger partial charge on any atom is -0.485 e. The molecule has 1 aliphatic rings. The Labute approximate surface area is 128 Å². The van der Waals surface area contributed by atoms with Crippen molar-refractivity contribution in [2.24, 2.45) is 0 Å². The van der Waals surface area contributed by atoms with Crippen molar-refractivity contribution in [1.82, 2.24) is 0 Å². The molecule has 1 atom stereocenters. The van der Waals surface area contributed by atoms with Gasteiger partial charge in [0.2, 0.25) is 5.78 Å². The molecule has 1 aromatic carbocycles. The van der Waals surface area contributed by atoms with Crippen LogP contribution in [0.2, 0.25) is 0 Å². The Balaban J connectivity index is 1.79. The van der Waals surface area contributed by atoms with E-state index in [1.54, 1.807) is 0 Å². The first kappa shape index (κ1) is 14.1. The maximum absolute atomic E-state index is 12.6. The molecule has 4 heteroatoms. The Morgan fingerprint density at radius 2 is 1.86 bits per heavy atom. The van der Waals surface area contributed by atoms with Crippen molar-refractivity contribution in [3.05, 3.63) is 46.2 Å². The van der Waals surface area contributed by atoms with Crippen molar-refractivity contribution in [2.45, 2.75) is 32.3 Å². The first-order chi connectivity index (χ1) is 9.95. The van der Waals surface area contributed by atoms with Crippen LogP contribution in [-0.2, 0) is 5.41 Å². The molecule has 0 spiro atoms. The highest BCUT2D eigenvalue weighted by Crippen LogP contribution is 2.34. The van der Waals surface area contributed by atoms with E-state index in [9.17, 15) is 4.79 Å². The molecule has 3 nitrogen and oxygen atoms in total. The van der Waals surface area contributed by atoms with Crippen LogP contribution in [0.25, 0.3) is 0 Å². The highest BCUT2D eigenvalue weighted by Gasteiger charge is 2.29. The zero-order valence-electron chi connectivity index (χ0n) is 12.4. The van der Waals surface area contributed by atoms with Gasteiger partial charge in [-0.2, -0.15) is 0 Å². The largest absolute Gasteiger partial charge is 0.485 e. The molecule has 0 amide bonds. The van der Waals surface area contributed by atoms with Crippen LogP contribution in [0, 0.1) is 0 Å². The zero-order chi connectivity index (χ0) is 15.0. The summed E-state index contributed by atoms with van der Waals surface area (Å²) in [5.41, 5.74) is 0.0553. The molecule has 0 radical (unpaired) electrons. The van der Waals surface area contributed by atoms with Gasteiger partial charge in [0, 0.05) is 4.88 Å². The van der Waals surface area contributed by atoms with Gasteiger partial charge in [0.25, 0.3) is 0 Å². The van der Waals surface area contributed by atoms with Crippen molar-refractivity contribution in [3.8, 4) is 11.5 Å². The van der Waals surface area contributed by atoms with Crippen molar-refractivity contribution in [2.75, 3.05) is 6.61 Å². The highest BCUT2D eigenvalue weighted by molar-refractivity contribution is 7.14. The molecule has 1 aromatic heterocycles. The monoisotopic (exact) mass is 302 g/mol. The van der Waals surface area contributed by atoms with Crippen molar-refractivity contribution >= 4 is 17.1 Å². The van der Waals surface area contributed by atoms with Crippen LogP contribution in [0.15, 0.2) is 36.4 Å². The summed E-state index contributed by atoms with van der Waals surface area (Å²) in [5.74, 6) is 1.32. The first-order valence-corrected chi connectivity index (χ1v) is 7.80. The summed E-state index contributed by atoms with van der Waals surface area (Å²) in [4.78, 5) is 14.5. The van der Waals surface area contributed by atoms with E-state index in [1.165, 1.54) is 16.2 Å². The number of ether oxygens (including phenoxy) is 2. The summed E-state index contributed by atoms with van der Waals surface area (Å²) < 4.78 is 11.4. The van der Waals surface area contributed by atoms with E-state index in [-0.39, 0.29) is 17.8 Å². The smallest absolute Gasteiger partial charge is 0.216 e. The first-order valence-electron chi connectivity index (χ1n) is 6.98. The summed E-state index contributed by atoms with van der Waals surface area (Å²) in [7, 11) is 0. The van der Waals surface area contributed by atoms with E-state index in [4.69, 9.17) is 9.47 Å². The lowest BCUT2D eigenvalue weighted by atomic mass is 9.95. The minimum atomic E-state index is -0.564. The molecule has 0 bridgehead atoms. The van der Waals surface area contributed by atoms with Crippen LogP contribution in [-0.4, -0.2) is 18.5 Å². The van der Waals surface area contributed by atoms with E-state index >= 15 is 0 Å². The van der Waals surface area contributed by atoms with E-state index in [1.807, 2.05) is 36.4 Å². The van der Waals surface area contributed by atoms with Crippen molar-refractivity contribution in [3.63, 3.8) is 0 Å². The second-order valence-electron chi connectivity index (χ2n) is 6.14. The fraction of sp³-hybridized carbons (Fsp3) is 0.353. The van der Waals surface area contributed by atoms with Crippen LogP contribution in [0.5, 0.6) is 11.5 Å². The standard InChI is InChI=1S/C17H18O3S/c1-17(2,3)15-9-8-14(21-15)16(18)13-10-19-11-6-4-5-7-12(11)20-13/h4-9,13H,10H2,1-3H3. The molecule has 0 saturated heterocycles. The molecule has 0 aliphatic carbocycles. The van der Waals surface area contributed by atoms with E-state index < -0.39 is 6.10 Å². The molecule has 1 unspecified atom stereocenters. The molecule has 2 aromatic rings. The third-order valence-electron chi connectivity index (χ3n) is 3.39. The van der Waals surface area contributed by atoms with Gasteiger partial charge in [-0.05, 0) is 29.7 Å². The lowest BCUT2D eigenvalue weighted by Gasteiger charge is -2.25. The molecule has 0 fully saturated rings. The molecule has 0 saturated carbocycles. The Hall–Kier alpha value is -1.81. The maximum Gasteiger partial charge on any atom is 0.216 e. The Kier molecular flexibility index (Phi) is 3.49. The van der Waals surface area contributed by atoms with Crippen LogP contribution >= 0.6 is 11.3 Å². The summed E-state index contributed by atoms with van der Waals surface area (Å²) >= 11 is 1.54. The van der Waals surface area contributed by atoms with Gasteiger partial charge in [-0.1, -0.05) is 32.9 Å². The van der Waals surface area contributed by atoms with Crippen LogP contribution in [0.3, 0.4) is 0 Å². The number of hydrogen-bond donors (Lipinski definition) is 0. The lowest BCUT2D eigenvalue weighted by Crippen LogP contribution is -2.36. The quantitative estimate of drug-likeness (QED) is 0.785. The number of ketones is 1. The van der Waals surface area contributed by atoms with Gasteiger partial charge in [-0.3, -0.25) is 4.79 Å². The van der Waals surface area contributed by atoms with E-state index in [2.05, 4.69) is 20.8 Å². The third kappa shape index (κ3) is 2.81. The van der Waals surface area contributed by atoms with Crippen molar-refractivity contribution < 1.29 is 14.3 Å². The molecular formula is C17H18O3S. The number of para-hydroxylation sites is 2. The van der Waals surface area contributed by atoms with Gasteiger partial charge in [0.1, 0.15) is 6.61 Å². The van der Waals surface area contributed by atoms with Gasteiger partial charge >= 0.3 is 0 Å². The summed E-state index contributed by atoms with van der Waals surface area (Å²) in [6, 6.07) is 11.3. The number of hydrogen-bond acceptors (Lipinski definition) is 4. The maximum atomic E-state index is 12.6. The normalized spacial score (nSPS) is 17.6. The SMILES string of the molecule is CC(C)(C)c1ccc(C(=O)C2COc3ccccc3O2)s1. The average molecular weight is 302 g/mol. The average Bonchev–Trinajstić information content (AvgIpc) is 2.96. The lowest BCUT2D eigenvalue weighted by molar-refractivity contribution is 0.0590. The van der Waals surface area contributed by atoms with Crippen LogP contribution < -0.4 is 9.47 Å². The Bertz CT molecular complexity index is 667. The summed E-state index contributed by atoms with van der Waals surface area (Å²) in [5, 5.41) is 0. The van der Waals surface area contributed by atoms with Crippen molar-refractivity contribution in [1.29, 1.82) is 0 Å². The Morgan fingerprint density at radius 1 is 1.14 bits per heavy atom. The molecule has 0 N–H and O–H groups in total. The van der Waals surface area contributed by atoms with Crippen LogP contribution in [0.4, 0.5) is 0 Å². The number of fused-ring (bicyclic) bond motifs is 1. The number of carbonyl (C=O) groups excluding carboxylic acids is 1. The zero-order valence-corrected chi connectivity index (χ0v) is 13.2. The van der Waals surface area contributed by atoms with Gasteiger partial charge < -0.3 is 9.47 Å². The van der Waals surface area contributed by atoms with Gasteiger partial charge in [-0.25, -0.2) is 0 Å². The van der Waals surface area contributed by atoms with Gasteiger partial charge in [0.15, 0.2) is 17.6 Å². The predicted octanol–water partition coefficient (Wildman–Crippen LogP) is 4.07. The number of rotatable bonds is 2. The number of Topliss-reactive ketones (excluding diaryl/α,β-unsaturated/α-hetero) is 1. The molecule has 21 heavy (non-hydrogen) atoms. The predicted molar refractivity (Wildman–Crippen MR) is 83.7 cm³/mol. The molecule has 1 aliphatic heterocycles. The molecule has 3 rings (SSSR count). The number of thiophene rings is 1. The molecule has 110 valence electrons.